The lowest BCUT2D eigenvalue weighted by atomic mass is 10.1. The second kappa shape index (κ2) is 9.01. The lowest BCUT2D eigenvalue weighted by molar-refractivity contribution is -0.122. The van der Waals surface area contributed by atoms with Crippen LogP contribution in [0.1, 0.15) is 35.5 Å². The second-order valence-corrected chi connectivity index (χ2v) is 6.48. The van der Waals surface area contributed by atoms with Gasteiger partial charge in [-0.3, -0.25) is 14.4 Å². The van der Waals surface area contributed by atoms with E-state index in [2.05, 4.69) is 10.6 Å². The van der Waals surface area contributed by atoms with Crippen LogP contribution in [0.15, 0.2) is 10.9 Å². The van der Waals surface area contributed by atoms with Crippen molar-refractivity contribution in [3.63, 3.8) is 0 Å². The van der Waals surface area contributed by atoms with Crippen molar-refractivity contribution in [1.29, 1.82) is 0 Å². The molecule has 2 amide bonds. The molecule has 2 heterocycles. The normalized spacial score (nSPS) is 14.2. The molecule has 0 bridgehead atoms. The van der Waals surface area contributed by atoms with Gasteiger partial charge in [0, 0.05) is 44.0 Å². The molecule has 0 unspecified atom stereocenters. The minimum atomic E-state index is -0.263. The van der Waals surface area contributed by atoms with E-state index in [1.165, 1.54) is 10.6 Å². The van der Waals surface area contributed by atoms with Gasteiger partial charge in [-0.2, -0.15) is 0 Å². The third-order valence-electron chi connectivity index (χ3n) is 4.14. The molecule has 0 aromatic carbocycles. The molecule has 0 radical (unpaired) electrons. The van der Waals surface area contributed by atoms with Crippen LogP contribution in [0.3, 0.4) is 0 Å². The predicted molar refractivity (Wildman–Crippen MR) is 99.5 cm³/mol. The van der Waals surface area contributed by atoms with E-state index >= 15 is 0 Å². The SMILES string of the molecule is Cc1cc(=O)n(CC(=O)NC(C)C)c(C)c1C(=O)N1CCNCC1.Cl. The fourth-order valence-corrected chi connectivity index (χ4v) is 2.98. The van der Waals surface area contributed by atoms with Crippen molar-refractivity contribution in [1.82, 2.24) is 20.1 Å². The first kappa shape index (κ1) is 21.2. The van der Waals surface area contributed by atoms with Crippen LogP contribution < -0.4 is 16.2 Å². The third-order valence-corrected chi connectivity index (χ3v) is 4.14. The molecular formula is C17H27ClN4O3. The molecule has 7 nitrogen and oxygen atoms in total. The number of aryl methyl sites for hydroxylation is 1. The number of carbonyl (C=O) groups is 2. The van der Waals surface area contributed by atoms with Crippen LogP contribution in [0.5, 0.6) is 0 Å². The van der Waals surface area contributed by atoms with Gasteiger partial charge in [0.2, 0.25) is 5.91 Å². The smallest absolute Gasteiger partial charge is 0.255 e. The minimum absolute atomic E-state index is 0. The Bertz CT molecular complexity index is 694. The predicted octanol–water partition coefficient (Wildman–Crippen LogP) is 0.457. The van der Waals surface area contributed by atoms with Gasteiger partial charge in [-0.05, 0) is 33.3 Å². The topological polar surface area (TPSA) is 83.4 Å². The van der Waals surface area contributed by atoms with Gasteiger partial charge in [0.15, 0.2) is 0 Å². The van der Waals surface area contributed by atoms with E-state index in [0.717, 1.165) is 13.1 Å². The molecule has 1 aromatic rings. The van der Waals surface area contributed by atoms with E-state index in [9.17, 15) is 14.4 Å². The molecule has 0 spiro atoms. The first-order valence-electron chi connectivity index (χ1n) is 8.31. The maximum atomic E-state index is 12.9. The number of nitrogens with zero attached hydrogens (tertiary/aromatic N) is 2. The first-order chi connectivity index (χ1) is 11.3. The third kappa shape index (κ3) is 5.06. The van der Waals surface area contributed by atoms with Crippen LogP contribution in [0.2, 0.25) is 0 Å². The van der Waals surface area contributed by atoms with Gasteiger partial charge < -0.3 is 20.1 Å². The number of rotatable bonds is 4. The molecule has 140 valence electrons. The van der Waals surface area contributed by atoms with E-state index in [1.807, 2.05) is 13.8 Å². The Morgan fingerprint density at radius 1 is 1.24 bits per heavy atom. The highest BCUT2D eigenvalue weighted by Crippen LogP contribution is 2.15. The van der Waals surface area contributed by atoms with E-state index in [1.54, 1.807) is 18.7 Å². The first-order valence-corrected chi connectivity index (χ1v) is 8.31. The molecule has 2 rings (SSSR count). The zero-order valence-corrected chi connectivity index (χ0v) is 16.0. The van der Waals surface area contributed by atoms with Crippen molar-refractivity contribution in [3.05, 3.63) is 33.2 Å². The van der Waals surface area contributed by atoms with Crippen molar-refractivity contribution < 1.29 is 9.59 Å². The van der Waals surface area contributed by atoms with Crippen molar-refractivity contribution in [3.8, 4) is 0 Å². The summed E-state index contributed by atoms with van der Waals surface area (Å²) >= 11 is 0. The average molecular weight is 371 g/mol. The number of amides is 2. The minimum Gasteiger partial charge on any atom is -0.352 e. The van der Waals surface area contributed by atoms with Crippen LogP contribution >= 0.6 is 12.4 Å². The number of pyridine rings is 1. The molecule has 1 saturated heterocycles. The molecule has 1 fully saturated rings. The highest BCUT2D eigenvalue weighted by molar-refractivity contribution is 5.96. The molecule has 1 aliphatic rings. The molecule has 1 aromatic heterocycles. The lowest BCUT2D eigenvalue weighted by Gasteiger charge is -2.29. The van der Waals surface area contributed by atoms with Crippen LogP contribution in [-0.4, -0.2) is 53.5 Å². The number of hydrogen-bond acceptors (Lipinski definition) is 4. The Kier molecular flexibility index (Phi) is 7.63. The molecular weight excluding hydrogens is 344 g/mol. The molecule has 2 N–H and O–H groups in total. The van der Waals surface area contributed by atoms with Gasteiger partial charge >= 0.3 is 0 Å². The fourth-order valence-electron chi connectivity index (χ4n) is 2.98. The van der Waals surface area contributed by atoms with Gasteiger partial charge in [-0.25, -0.2) is 0 Å². The number of halogens is 1. The van der Waals surface area contributed by atoms with Crippen molar-refractivity contribution >= 4 is 24.2 Å². The largest absolute Gasteiger partial charge is 0.352 e. The Labute approximate surface area is 154 Å². The van der Waals surface area contributed by atoms with E-state index in [-0.39, 0.29) is 42.4 Å². The number of nitrogens with one attached hydrogen (secondary N) is 2. The van der Waals surface area contributed by atoms with Crippen molar-refractivity contribution in [2.75, 3.05) is 26.2 Å². The standard InChI is InChI=1S/C17H26N4O3.ClH/c1-11(2)19-14(22)10-21-13(4)16(12(3)9-15(21)23)17(24)20-7-5-18-6-8-20;/h9,11,18H,5-8,10H2,1-4H3,(H,19,22);1H. The van der Waals surface area contributed by atoms with Crippen LogP contribution in [-0.2, 0) is 11.3 Å². The highest BCUT2D eigenvalue weighted by atomic mass is 35.5. The van der Waals surface area contributed by atoms with Gasteiger partial charge in [-0.15, -0.1) is 12.4 Å². The summed E-state index contributed by atoms with van der Waals surface area (Å²) in [7, 11) is 0. The summed E-state index contributed by atoms with van der Waals surface area (Å²) in [5.41, 5.74) is 1.46. The summed E-state index contributed by atoms with van der Waals surface area (Å²) in [5.74, 6) is -0.316. The molecule has 0 saturated carbocycles. The Morgan fingerprint density at radius 2 is 1.84 bits per heavy atom. The van der Waals surface area contributed by atoms with E-state index in [4.69, 9.17) is 0 Å². The second-order valence-electron chi connectivity index (χ2n) is 6.48. The average Bonchev–Trinajstić information content (AvgIpc) is 2.51. The van der Waals surface area contributed by atoms with Gasteiger partial charge in [0.25, 0.3) is 11.5 Å². The summed E-state index contributed by atoms with van der Waals surface area (Å²) in [6, 6.07) is 1.44. The number of hydrogen-bond donors (Lipinski definition) is 2. The molecule has 25 heavy (non-hydrogen) atoms. The van der Waals surface area contributed by atoms with Crippen molar-refractivity contribution in [2.24, 2.45) is 0 Å². The highest BCUT2D eigenvalue weighted by Gasteiger charge is 2.24. The monoisotopic (exact) mass is 370 g/mol. The Balaban J connectivity index is 0.00000312. The van der Waals surface area contributed by atoms with Gasteiger partial charge in [-0.1, -0.05) is 0 Å². The molecule has 8 heteroatoms. The summed E-state index contributed by atoms with van der Waals surface area (Å²) in [4.78, 5) is 38.9. The summed E-state index contributed by atoms with van der Waals surface area (Å²) in [5, 5.41) is 5.98. The molecule has 1 aliphatic heterocycles. The van der Waals surface area contributed by atoms with E-state index in [0.29, 0.717) is 29.9 Å². The van der Waals surface area contributed by atoms with Gasteiger partial charge in [0.05, 0.1) is 5.56 Å². The van der Waals surface area contributed by atoms with Gasteiger partial charge in [0.1, 0.15) is 6.54 Å². The van der Waals surface area contributed by atoms with Crippen LogP contribution in [0.25, 0.3) is 0 Å². The van der Waals surface area contributed by atoms with Crippen molar-refractivity contribution in [2.45, 2.75) is 40.3 Å². The summed E-state index contributed by atoms with van der Waals surface area (Å²) in [6.07, 6.45) is 0. The quantitative estimate of drug-likeness (QED) is 0.806. The molecule has 0 atom stereocenters. The van der Waals surface area contributed by atoms with Crippen LogP contribution in [0, 0.1) is 13.8 Å². The summed E-state index contributed by atoms with van der Waals surface area (Å²) in [6.45, 7) is 9.96. The van der Waals surface area contributed by atoms with Crippen LogP contribution in [0.4, 0.5) is 0 Å². The van der Waals surface area contributed by atoms with E-state index < -0.39 is 0 Å². The molecule has 0 aliphatic carbocycles. The lowest BCUT2D eigenvalue weighted by Crippen LogP contribution is -2.47. The number of aromatic nitrogens is 1. The zero-order chi connectivity index (χ0) is 17.9. The maximum absolute atomic E-state index is 12.9. The summed E-state index contributed by atoms with van der Waals surface area (Å²) < 4.78 is 1.38. The number of carbonyl (C=O) groups excluding carboxylic acids is 2. The zero-order valence-electron chi connectivity index (χ0n) is 15.2. The fraction of sp³-hybridized carbons (Fsp3) is 0.588. The Morgan fingerprint density at radius 3 is 2.40 bits per heavy atom. The Hall–Kier alpha value is -1.86. The number of piperazine rings is 1. The maximum Gasteiger partial charge on any atom is 0.255 e.